The van der Waals surface area contributed by atoms with Gasteiger partial charge in [-0.3, -0.25) is 0 Å². The summed E-state index contributed by atoms with van der Waals surface area (Å²) in [5, 5.41) is 8.95. The SMILES string of the molecule is CC(C)C(C)N(C)c1cccc(F)c1C#N. The van der Waals surface area contributed by atoms with E-state index in [1.165, 1.54) is 6.07 Å². The van der Waals surface area contributed by atoms with Crippen molar-refractivity contribution in [1.29, 1.82) is 5.26 Å². The summed E-state index contributed by atoms with van der Waals surface area (Å²) in [5.41, 5.74) is 0.779. The zero-order valence-corrected chi connectivity index (χ0v) is 10.2. The van der Waals surface area contributed by atoms with Crippen LogP contribution in [-0.4, -0.2) is 13.1 Å². The molecule has 0 bridgehead atoms. The van der Waals surface area contributed by atoms with Gasteiger partial charge in [0.2, 0.25) is 0 Å². The molecule has 1 aromatic rings. The van der Waals surface area contributed by atoms with E-state index in [0.717, 1.165) is 0 Å². The minimum atomic E-state index is -0.456. The van der Waals surface area contributed by atoms with Crippen LogP contribution in [0, 0.1) is 23.1 Å². The van der Waals surface area contributed by atoms with Crippen LogP contribution in [0.2, 0.25) is 0 Å². The number of hydrogen-bond donors (Lipinski definition) is 0. The van der Waals surface area contributed by atoms with Crippen molar-refractivity contribution >= 4 is 5.69 Å². The highest BCUT2D eigenvalue weighted by molar-refractivity contribution is 5.59. The molecule has 1 atom stereocenters. The van der Waals surface area contributed by atoms with E-state index in [4.69, 9.17) is 5.26 Å². The Bertz CT molecular complexity index is 407. The van der Waals surface area contributed by atoms with Crippen LogP contribution >= 0.6 is 0 Å². The molecular formula is C13H17FN2. The molecule has 0 saturated heterocycles. The summed E-state index contributed by atoms with van der Waals surface area (Å²) in [7, 11) is 1.89. The minimum Gasteiger partial charge on any atom is -0.370 e. The van der Waals surface area contributed by atoms with Gasteiger partial charge in [-0.25, -0.2) is 4.39 Å². The molecule has 0 fully saturated rings. The Balaban J connectivity index is 3.14. The fourth-order valence-electron chi connectivity index (χ4n) is 1.58. The third-order valence-electron chi connectivity index (χ3n) is 3.06. The summed E-state index contributed by atoms with van der Waals surface area (Å²) in [4.78, 5) is 1.95. The van der Waals surface area contributed by atoms with Crippen LogP contribution < -0.4 is 4.90 Å². The lowest BCUT2D eigenvalue weighted by Crippen LogP contribution is -2.33. The van der Waals surface area contributed by atoms with E-state index in [0.29, 0.717) is 11.6 Å². The maximum Gasteiger partial charge on any atom is 0.143 e. The van der Waals surface area contributed by atoms with Gasteiger partial charge in [-0.15, -0.1) is 0 Å². The largest absolute Gasteiger partial charge is 0.370 e. The first-order valence-electron chi connectivity index (χ1n) is 5.40. The summed E-state index contributed by atoms with van der Waals surface area (Å²) in [6.07, 6.45) is 0. The highest BCUT2D eigenvalue weighted by Crippen LogP contribution is 2.24. The van der Waals surface area contributed by atoms with Crippen molar-refractivity contribution in [2.24, 2.45) is 5.92 Å². The molecule has 0 saturated carbocycles. The smallest absolute Gasteiger partial charge is 0.143 e. The van der Waals surface area contributed by atoms with Crippen molar-refractivity contribution in [3.63, 3.8) is 0 Å². The van der Waals surface area contributed by atoms with E-state index in [1.54, 1.807) is 12.1 Å². The van der Waals surface area contributed by atoms with Gasteiger partial charge in [0.1, 0.15) is 17.4 Å². The van der Waals surface area contributed by atoms with Gasteiger partial charge < -0.3 is 4.90 Å². The Labute approximate surface area is 96.3 Å². The van der Waals surface area contributed by atoms with Crippen LogP contribution in [0.1, 0.15) is 26.3 Å². The summed E-state index contributed by atoms with van der Waals surface area (Å²) >= 11 is 0. The van der Waals surface area contributed by atoms with Gasteiger partial charge in [-0.2, -0.15) is 5.26 Å². The molecule has 0 spiro atoms. The standard InChI is InChI=1S/C13H17FN2/c1-9(2)10(3)16(4)13-7-5-6-12(14)11(13)8-15/h5-7,9-10H,1-4H3. The lowest BCUT2D eigenvalue weighted by molar-refractivity contribution is 0.504. The Kier molecular flexibility index (Phi) is 3.89. The van der Waals surface area contributed by atoms with Crippen molar-refractivity contribution in [2.45, 2.75) is 26.8 Å². The molecule has 1 aromatic carbocycles. The molecule has 16 heavy (non-hydrogen) atoms. The summed E-state index contributed by atoms with van der Waals surface area (Å²) in [6.45, 7) is 6.27. The van der Waals surface area contributed by atoms with Gasteiger partial charge in [0.15, 0.2) is 0 Å². The number of hydrogen-bond acceptors (Lipinski definition) is 2. The first-order chi connectivity index (χ1) is 7.49. The summed E-state index contributed by atoms with van der Waals surface area (Å²) in [6, 6.07) is 6.91. The van der Waals surface area contributed by atoms with Crippen LogP contribution in [0.5, 0.6) is 0 Å². The monoisotopic (exact) mass is 220 g/mol. The molecule has 0 heterocycles. The minimum absolute atomic E-state index is 0.123. The van der Waals surface area contributed by atoms with E-state index in [9.17, 15) is 4.39 Å². The van der Waals surface area contributed by atoms with Crippen LogP contribution in [0.4, 0.5) is 10.1 Å². The second-order valence-corrected chi connectivity index (χ2v) is 4.34. The van der Waals surface area contributed by atoms with Gasteiger partial charge >= 0.3 is 0 Å². The van der Waals surface area contributed by atoms with E-state index in [-0.39, 0.29) is 11.6 Å². The number of benzene rings is 1. The number of anilines is 1. The predicted molar refractivity (Wildman–Crippen MR) is 63.8 cm³/mol. The van der Waals surface area contributed by atoms with Gasteiger partial charge in [0.05, 0.1) is 5.69 Å². The fraction of sp³-hybridized carbons (Fsp3) is 0.462. The second kappa shape index (κ2) is 4.98. The van der Waals surface area contributed by atoms with Crippen molar-refractivity contribution in [2.75, 3.05) is 11.9 Å². The molecule has 0 aliphatic heterocycles. The lowest BCUT2D eigenvalue weighted by Gasteiger charge is -2.30. The molecule has 2 nitrogen and oxygen atoms in total. The maximum atomic E-state index is 13.4. The molecular weight excluding hydrogens is 203 g/mol. The quantitative estimate of drug-likeness (QED) is 0.782. The Hall–Kier alpha value is -1.56. The van der Waals surface area contributed by atoms with Crippen molar-refractivity contribution in [3.8, 4) is 6.07 Å². The van der Waals surface area contributed by atoms with E-state index < -0.39 is 5.82 Å². The molecule has 0 aliphatic carbocycles. The first-order valence-corrected chi connectivity index (χ1v) is 5.40. The van der Waals surface area contributed by atoms with Crippen LogP contribution in [0.3, 0.4) is 0 Å². The number of nitrogens with zero attached hydrogens (tertiary/aromatic N) is 2. The Morgan fingerprint density at radius 3 is 2.44 bits per heavy atom. The molecule has 1 rings (SSSR count). The molecule has 86 valence electrons. The topological polar surface area (TPSA) is 27.0 Å². The second-order valence-electron chi connectivity index (χ2n) is 4.34. The van der Waals surface area contributed by atoms with Crippen LogP contribution in [0.15, 0.2) is 18.2 Å². The van der Waals surface area contributed by atoms with Gasteiger partial charge in [-0.1, -0.05) is 19.9 Å². The van der Waals surface area contributed by atoms with Crippen molar-refractivity contribution in [1.82, 2.24) is 0 Å². The van der Waals surface area contributed by atoms with E-state index >= 15 is 0 Å². The zero-order chi connectivity index (χ0) is 12.3. The predicted octanol–water partition coefficient (Wildman–Crippen LogP) is 3.18. The average Bonchev–Trinajstić information content (AvgIpc) is 2.26. The summed E-state index contributed by atoms with van der Waals surface area (Å²) in [5.74, 6) is -0.0115. The number of halogens is 1. The van der Waals surface area contributed by atoms with E-state index in [1.807, 2.05) is 18.0 Å². The van der Waals surface area contributed by atoms with Gasteiger partial charge in [0.25, 0.3) is 0 Å². The fourth-order valence-corrected chi connectivity index (χ4v) is 1.58. The molecule has 0 aliphatic rings. The maximum absolute atomic E-state index is 13.4. The van der Waals surface area contributed by atoms with Gasteiger partial charge in [0, 0.05) is 13.1 Å². The molecule has 1 unspecified atom stereocenters. The van der Waals surface area contributed by atoms with Crippen molar-refractivity contribution < 1.29 is 4.39 Å². The number of rotatable bonds is 3. The lowest BCUT2D eigenvalue weighted by atomic mass is 10.0. The Morgan fingerprint density at radius 1 is 1.31 bits per heavy atom. The van der Waals surface area contributed by atoms with Crippen LogP contribution in [0.25, 0.3) is 0 Å². The van der Waals surface area contributed by atoms with Gasteiger partial charge in [-0.05, 0) is 25.0 Å². The van der Waals surface area contributed by atoms with E-state index in [2.05, 4.69) is 20.8 Å². The number of nitriles is 1. The average molecular weight is 220 g/mol. The third-order valence-corrected chi connectivity index (χ3v) is 3.06. The summed E-state index contributed by atoms with van der Waals surface area (Å²) < 4.78 is 13.4. The normalized spacial score (nSPS) is 12.3. The molecule has 0 radical (unpaired) electrons. The van der Waals surface area contributed by atoms with Crippen LogP contribution in [-0.2, 0) is 0 Å². The molecule has 0 amide bonds. The van der Waals surface area contributed by atoms with Crippen molar-refractivity contribution in [3.05, 3.63) is 29.6 Å². The third kappa shape index (κ3) is 2.33. The molecule has 0 aromatic heterocycles. The highest BCUT2D eigenvalue weighted by Gasteiger charge is 2.18. The zero-order valence-electron chi connectivity index (χ0n) is 10.2. The first kappa shape index (κ1) is 12.5. The molecule has 0 N–H and O–H groups in total. The highest BCUT2D eigenvalue weighted by atomic mass is 19.1. The Morgan fingerprint density at radius 2 is 1.94 bits per heavy atom. The molecule has 3 heteroatoms.